The molecule has 3 aromatic rings. The number of piperazine rings is 2. The van der Waals surface area contributed by atoms with E-state index >= 15 is 0 Å². The fraction of sp³-hybridized carbons (Fsp3) is 0.522. The highest BCUT2D eigenvalue weighted by Gasteiger charge is 2.23. The lowest BCUT2D eigenvalue weighted by molar-refractivity contribution is -0.132. The van der Waals surface area contributed by atoms with Crippen LogP contribution in [-0.4, -0.2) is 118 Å². The van der Waals surface area contributed by atoms with Crippen molar-refractivity contribution in [3.63, 3.8) is 0 Å². The normalized spacial score (nSPS) is 18.1. The van der Waals surface area contributed by atoms with Gasteiger partial charge in [-0.15, -0.1) is 10.2 Å². The molecule has 2 aromatic heterocycles. The number of carbonyl (C=O) groups excluding carboxylic acids is 2. The number of benzene rings is 1. The summed E-state index contributed by atoms with van der Waals surface area (Å²) in [4.78, 5) is 34.5. The van der Waals surface area contributed by atoms with Crippen LogP contribution in [0.5, 0.6) is 0 Å². The molecule has 180 valence electrons. The van der Waals surface area contributed by atoms with E-state index in [4.69, 9.17) is 5.10 Å². The summed E-state index contributed by atoms with van der Waals surface area (Å²) >= 11 is 1.44. The van der Waals surface area contributed by atoms with Gasteiger partial charge in [-0.1, -0.05) is 29.5 Å². The molecule has 0 N–H and O–H groups in total. The maximum absolute atomic E-state index is 12.8. The Hall–Kier alpha value is -2.89. The van der Waals surface area contributed by atoms with Crippen molar-refractivity contribution in [3.05, 3.63) is 35.7 Å². The number of amides is 2. The van der Waals surface area contributed by atoms with Gasteiger partial charge in [-0.05, 0) is 25.7 Å². The summed E-state index contributed by atoms with van der Waals surface area (Å²) in [7, 11) is 4.15. The molecule has 0 radical (unpaired) electrons. The molecule has 0 unspecified atom stereocenters. The number of hydrogen-bond donors (Lipinski definition) is 0. The second-order valence-corrected chi connectivity index (χ2v) is 10.1. The van der Waals surface area contributed by atoms with Gasteiger partial charge < -0.3 is 19.6 Å². The van der Waals surface area contributed by atoms with Crippen molar-refractivity contribution in [3.8, 4) is 10.6 Å². The molecule has 2 aliphatic heterocycles. The standard InChI is InChI=1S/C23H30N8O2S/c1-27-6-10-29(11-7-27)20(32)15-17-4-3-5-18(14-17)22-26-31-19(24-25-23(31)34-22)16-21(33)30-12-8-28(2)9-13-30/h3-5,14H,6-13,15-16H2,1-2H3. The Morgan fingerprint density at radius 3 is 2.12 bits per heavy atom. The van der Waals surface area contributed by atoms with E-state index in [0.29, 0.717) is 17.2 Å². The molecule has 34 heavy (non-hydrogen) atoms. The van der Waals surface area contributed by atoms with Crippen LogP contribution in [0.15, 0.2) is 24.3 Å². The molecule has 5 rings (SSSR count). The van der Waals surface area contributed by atoms with Crippen LogP contribution in [0.25, 0.3) is 15.5 Å². The first-order chi connectivity index (χ1) is 16.5. The summed E-state index contributed by atoms with van der Waals surface area (Å²) in [6.45, 7) is 6.63. The zero-order valence-corrected chi connectivity index (χ0v) is 20.5. The van der Waals surface area contributed by atoms with Crippen molar-refractivity contribution < 1.29 is 9.59 Å². The first-order valence-corrected chi connectivity index (χ1v) is 12.5. The molecule has 1 aromatic carbocycles. The van der Waals surface area contributed by atoms with Crippen LogP contribution >= 0.6 is 11.3 Å². The van der Waals surface area contributed by atoms with Gasteiger partial charge in [-0.3, -0.25) is 9.59 Å². The molecule has 10 nitrogen and oxygen atoms in total. The maximum atomic E-state index is 12.8. The van der Waals surface area contributed by atoms with Crippen LogP contribution in [0.2, 0.25) is 0 Å². The number of aromatic nitrogens is 4. The summed E-state index contributed by atoms with van der Waals surface area (Å²) in [5.41, 5.74) is 1.91. The summed E-state index contributed by atoms with van der Waals surface area (Å²) in [6, 6.07) is 7.96. The van der Waals surface area contributed by atoms with E-state index in [0.717, 1.165) is 68.5 Å². The monoisotopic (exact) mass is 482 g/mol. The van der Waals surface area contributed by atoms with Gasteiger partial charge in [0.2, 0.25) is 16.8 Å². The summed E-state index contributed by atoms with van der Waals surface area (Å²) in [5.74, 6) is 0.775. The highest BCUT2D eigenvalue weighted by Crippen LogP contribution is 2.26. The third kappa shape index (κ3) is 4.96. The first-order valence-electron chi connectivity index (χ1n) is 11.7. The summed E-state index contributed by atoms with van der Waals surface area (Å²) in [6.07, 6.45) is 0.569. The third-order valence-electron chi connectivity index (χ3n) is 6.61. The van der Waals surface area contributed by atoms with E-state index in [1.54, 1.807) is 4.52 Å². The highest BCUT2D eigenvalue weighted by atomic mass is 32.1. The minimum atomic E-state index is 0.0568. The van der Waals surface area contributed by atoms with Crippen LogP contribution in [0.1, 0.15) is 11.4 Å². The Bertz CT molecular complexity index is 1170. The number of fused-ring (bicyclic) bond motifs is 1. The van der Waals surface area contributed by atoms with Gasteiger partial charge in [-0.2, -0.15) is 9.61 Å². The first kappa shape index (κ1) is 22.9. The minimum Gasteiger partial charge on any atom is -0.340 e. The van der Waals surface area contributed by atoms with Gasteiger partial charge in [0, 0.05) is 57.9 Å². The van der Waals surface area contributed by atoms with Gasteiger partial charge >= 0.3 is 0 Å². The molecule has 0 aliphatic carbocycles. The van der Waals surface area contributed by atoms with E-state index in [9.17, 15) is 9.59 Å². The van der Waals surface area contributed by atoms with Gasteiger partial charge in [0.15, 0.2) is 5.82 Å². The number of hydrogen-bond acceptors (Lipinski definition) is 8. The van der Waals surface area contributed by atoms with E-state index in [1.165, 1.54) is 11.3 Å². The second-order valence-electron chi connectivity index (χ2n) is 9.14. The van der Waals surface area contributed by atoms with Crippen LogP contribution in [-0.2, 0) is 22.4 Å². The Kier molecular flexibility index (Phi) is 6.57. The van der Waals surface area contributed by atoms with Crippen LogP contribution < -0.4 is 0 Å². The largest absolute Gasteiger partial charge is 0.340 e. The van der Waals surface area contributed by atoms with Crippen molar-refractivity contribution in [2.45, 2.75) is 12.8 Å². The summed E-state index contributed by atoms with van der Waals surface area (Å²) < 4.78 is 1.68. The molecular formula is C23H30N8O2S. The highest BCUT2D eigenvalue weighted by molar-refractivity contribution is 7.19. The molecule has 2 saturated heterocycles. The molecule has 4 heterocycles. The van der Waals surface area contributed by atoms with E-state index in [2.05, 4.69) is 34.1 Å². The van der Waals surface area contributed by atoms with Gasteiger partial charge in [-0.25, -0.2) is 0 Å². The number of carbonyl (C=O) groups is 2. The zero-order chi connectivity index (χ0) is 23.7. The molecule has 0 atom stereocenters. The Morgan fingerprint density at radius 2 is 1.47 bits per heavy atom. The van der Waals surface area contributed by atoms with Gasteiger partial charge in [0.05, 0.1) is 12.8 Å². The van der Waals surface area contributed by atoms with Crippen molar-refractivity contribution in [1.29, 1.82) is 0 Å². The number of rotatable bonds is 5. The SMILES string of the molecule is CN1CCN(C(=O)Cc2cccc(-c3nn4c(CC(=O)N5CCN(C)CC5)nnc4s3)c2)CC1. The van der Waals surface area contributed by atoms with Crippen molar-refractivity contribution >= 4 is 28.1 Å². The molecule has 0 saturated carbocycles. The van der Waals surface area contributed by atoms with E-state index in [-0.39, 0.29) is 18.2 Å². The number of likely N-dealkylation sites (N-methyl/N-ethyl adjacent to an activating group) is 2. The fourth-order valence-corrected chi connectivity index (χ4v) is 5.20. The lowest BCUT2D eigenvalue weighted by Crippen LogP contribution is -2.47. The van der Waals surface area contributed by atoms with Gasteiger partial charge in [0.25, 0.3) is 0 Å². The molecule has 2 fully saturated rings. The quantitative estimate of drug-likeness (QED) is 0.523. The van der Waals surface area contributed by atoms with Crippen molar-refractivity contribution in [2.75, 3.05) is 66.5 Å². The lowest BCUT2D eigenvalue weighted by Gasteiger charge is -2.32. The molecule has 2 aliphatic rings. The zero-order valence-electron chi connectivity index (χ0n) is 19.7. The van der Waals surface area contributed by atoms with Crippen molar-refractivity contribution in [2.24, 2.45) is 0 Å². The molecule has 2 amide bonds. The Balaban J connectivity index is 1.28. The molecule has 11 heteroatoms. The van der Waals surface area contributed by atoms with Crippen LogP contribution in [0, 0.1) is 0 Å². The fourth-order valence-electron chi connectivity index (χ4n) is 4.34. The predicted octanol–water partition coefficient (Wildman–Crippen LogP) is 0.486. The smallest absolute Gasteiger partial charge is 0.234 e. The topological polar surface area (TPSA) is 90.2 Å². The second kappa shape index (κ2) is 9.77. The average Bonchev–Trinajstić information content (AvgIpc) is 3.42. The van der Waals surface area contributed by atoms with E-state index < -0.39 is 0 Å². The average molecular weight is 483 g/mol. The van der Waals surface area contributed by atoms with E-state index in [1.807, 2.05) is 34.1 Å². The maximum Gasteiger partial charge on any atom is 0.234 e. The predicted molar refractivity (Wildman–Crippen MR) is 130 cm³/mol. The van der Waals surface area contributed by atoms with Crippen LogP contribution in [0.4, 0.5) is 0 Å². The minimum absolute atomic E-state index is 0.0568. The Morgan fingerprint density at radius 1 is 0.853 bits per heavy atom. The van der Waals surface area contributed by atoms with Gasteiger partial charge in [0.1, 0.15) is 5.01 Å². The Labute approximate surface area is 202 Å². The molecular weight excluding hydrogens is 452 g/mol. The van der Waals surface area contributed by atoms with Crippen LogP contribution in [0.3, 0.4) is 0 Å². The summed E-state index contributed by atoms with van der Waals surface area (Å²) in [5, 5.41) is 13.9. The molecule has 0 spiro atoms. The third-order valence-corrected chi connectivity index (χ3v) is 7.55. The van der Waals surface area contributed by atoms with Crippen molar-refractivity contribution in [1.82, 2.24) is 39.4 Å². The molecule has 0 bridgehead atoms. The lowest BCUT2D eigenvalue weighted by atomic mass is 10.1. The number of nitrogens with zero attached hydrogens (tertiary/aromatic N) is 8.